The first-order valence-corrected chi connectivity index (χ1v) is 11.1. The molecule has 0 saturated heterocycles. The Morgan fingerprint density at radius 2 is 1.33 bits per heavy atom. The van der Waals surface area contributed by atoms with E-state index in [0.717, 1.165) is 24.3 Å². The van der Waals surface area contributed by atoms with E-state index < -0.39 is 0 Å². The highest BCUT2D eigenvalue weighted by atomic mass is 16.5. The zero-order chi connectivity index (χ0) is 19.6. The number of benzene rings is 1. The fourth-order valence-electron chi connectivity index (χ4n) is 3.32. The maximum atomic E-state index is 9.81. The predicted octanol–water partition coefficient (Wildman–Crippen LogP) is 7.30. The van der Waals surface area contributed by atoms with Gasteiger partial charge in [0, 0.05) is 18.3 Å². The van der Waals surface area contributed by atoms with Crippen LogP contribution < -0.4 is 4.74 Å². The van der Waals surface area contributed by atoms with Gasteiger partial charge in [0.05, 0.1) is 7.11 Å². The van der Waals surface area contributed by atoms with Crippen LogP contribution in [0.15, 0.2) is 23.2 Å². The Bertz CT molecular complexity index is 499. The molecule has 0 aliphatic carbocycles. The number of unbranched alkanes of at least 4 members (excludes halogenated alkanes) is 13. The third-order valence-corrected chi connectivity index (χ3v) is 5.11. The molecular formula is C24H41NO2. The standard InChI is InChI=1S/C24H41NO2/c1-3-4-5-6-7-8-9-10-11-12-13-14-15-16-19-25-21-22-20-23(27-2)17-18-24(22)26/h17-18,20-21,26H,3-16,19H2,1-2H3. The third kappa shape index (κ3) is 12.5. The molecule has 3 heteroatoms. The lowest BCUT2D eigenvalue weighted by Gasteiger charge is -2.03. The Balaban J connectivity index is 1.90. The van der Waals surface area contributed by atoms with Gasteiger partial charge in [0.1, 0.15) is 11.5 Å². The molecule has 0 atom stereocenters. The summed E-state index contributed by atoms with van der Waals surface area (Å²) in [7, 11) is 1.63. The Morgan fingerprint density at radius 1 is 0.815 bits per heavy atom. The Kier molecular flexibility index (Phi) is 14.5. The molecule has 154 valence electrons. The highest BCUT2D eigenvalue weighted by molar-refractivity contribution is 5.84. The maximum Gasteiger partial charge on any atom is 0.124 e. The summed E-state index contributed by atoms with van der Waals surface area (Å²) in [6.07, 6.45) is 20.9. The van der Waals surface area contributed by atoms with E-state index >= 15 is 0 Å². The van der Waals surface area contributed by atoms with Crippen molar-refractivity contribution in [1.29, 1.82) is 0 Å². The van der Waals surface area contributed by atoms with Gasteiger partial charge < -0.3 is 9.84 Å². The SMILES string of the molecule is CCCCCCCCCCCCCCCCN=Cc1cc(OC)ccc1O. The second kappa shape index (κ2) is 16.6. The molecule has 0 bridgehead atoms. The molecule has 3 nitrogen and oxygen atoms in total. The molecule has 0 aliphatic heterocycles. The predicted molar refractivity (Wildman–Crippen MR) is 117 cm³/mol. The molecule has 0 fully saturated rings. The van der Waals surface area contributed by atoms with E-state index in [2.05, 4.69) is 11.9 Å². The molecule has 1 rings (SSSR count). The maximum absolute atomic E-state index is 9.81. The topological polar surface area (TPSA) is 41.8 Å². The van der Waals surface area contributed by atoms with Crippen molar-refractivity contribution in [2.75, 3.05) is 13.7 Å². The van der Waals surface area contributed by atoms with Crippen molar-refractivity contribution in [3.05, 3.63) is 23.8 Å². The smallest absolute Gasteiger partial charge is 0.124 e. The van der Waals surface area contributed by atoms with Crippen LogP contribution >= 0.6 is 0 Å². The van der Waals surface area contributed by atoms with E-state index in [1.807, 2.05) is 6.07 Å². The second-order valence-corrected chi connectivity index (χ2v) is 7.56. The van der Waals surface area contributed by atoms with E-state index in [1.165, 1.54) is 83.5 Å². The number of hydrogen-bond acceptors (Lipinski definition) is 3. The lowest BCUT2D eigenvalue weighted by atomic mass is 10.0. The highest BCUT2D eigenvalue weighted by Gasteiger charge is 2.00. The van der Waals surface area contributed by atoms with Crippen molar-refractivity contribution < 1.29 is 9.84 Å². The lowest BCUT2D eigenvalue weighted by molar-refractivity contribution is 0.412. The van der Waals surface area contributed by atoms with E-state index in [-0.39, 0.29) is 5.75 Å². The first kappa shape index (κ1) is 23.5. The van der Waals surface area contributed by atoms with Gasteiger partial charge in [0.25, 0.3) is 0 Å². The van der Waals surface area contributed by atoms with E-state index in [0.29, 0.717) is 0 Å². The van der Waals surface area contributed by atoms with Gasteiger partial charge in [-0.15, -0.1) is 0 Å². The zero-order valence-corrected chi connectivity index (χ0v) is 17.7. The van der Waals surface area contributed by atoms with Crippen molar-refractivity contribution in [3.63, 3.8) is 0 Å². The van der Waals surface area contributed by atoms with Gasteiger partial charge in [-0.05, 0) is 24.6 Å². The largest absolute Gasteiger partial charge is 0.507 e. The fraction of sp³-hybridized carbons (Fsp3) is 0.708. The lowest BCUT2D eigenvalue weighted by Crippen LogP contribution is -1.89. The minimum absolute atomic E-state index is 0.250. The van der Waals surface area contributed by atoms with Crippen LogP contribution in [0.1, 0.15) is 102 Å². The Morgan fingerprint density at radius 3 is 1.85 bits per heavy atom. The zero-order valence-electron chi connectivity index (χ0n) is 17.7. The summed E-state index contributed by atoms with van der Waals surface area (Å²) in [5.41, 5.74) is 0.722. The minimum atomic E-state index is 0.250. The van der Waals surface area contributed by atoms with Gasteiger partial charge in [-0.3, -0.25) is 4.99 Å². The van der Waals surface area contributed by atoms with Crippen LogP contribution in [-0.4, -0.2) is 25.0 Å². The highest BCUT2D eigenvalue weighted by Crippen LogP contribution is 2.21. The summed E-state index contributed by atoms with van der Waals surface area (Å²) in [5.74, 6) is 0.992. The van der Waals surface area contributed by atoms with E-state index in [1.54, 1.807) is 25.5 Å². The molecular weight excluding hydrogens is 334 g/mol. The van der Waals surface area contributed by atoms with Crippen molar-refractivity contribution in [2.45, 2.75) is 96.8 Å². The van der Waals surface area contributed by atoms with Gasteiger partial charge in [0.2, 0.25) is 0 Å². The molecule has 0 unspecified atom stereocenters. The van der Waals surface area contributed by atoms with Gasteiger partial charge in [-0.2, -0.15) is 0 Å². The van der Waals surface area contributed by atoms with Gasteiger partial charge >= 0.3 is 0 Å². The van der Waals surface area contributed by atoms with Crippen LogP contribution in [0.4, 0.5) is 0 Å². The fourth-order valence-corrected chi connectivity index (χ4v) is 3.32. The minimum Gasteiger partial charge on any atom is -0.507 e. The summed E-state index contributed by atoms with van der Waals surface area (Å²) in [6.45, 7) is 3.11. The van der Waals surface area contributed by atoms with Gasteiger partial charge in [-0.25, -0.2) is 0 Å². The van der Waals surface area contributed by atoms with Crippen LogP contribution in [0.2, 0.25) is 0 Å². The number of nitrogens with zero attached hydrogens (tertiary/aromatic N) is 1. The molecule has 0 amide bonds. The number of ether oxygens (including phenoxy) is 1. The van der Waals surface area contributed by atoms with Gasteiger partial charge in [-0.1, -0.05) is 90.4 Å². The molecule has 1 N–H and O–H groups in total. The summed E-state index contributed by atoms with van der Waals surface area (Å²) >= 11 is 0. The molecule has 1 aromatic rings. The molecule has 27 heavy (non-hydrogen) atoms. The molecule has 0 aromatic heterocycles. The van der Waals surface area contributed by atoms with E-state index in [4.69, 9.17) is 4.74 Å². The van der Waals surface area contributed by atoms with Crippen molar-refractivity contribution >= 4 is 6.21 Å². The second-order valence-electron chi connectivity index (χ2n) is 7.56. The molecule has 0 heterocycles. The first-order chi connectivity index (χ1) is 13.3. The molecule has 0 radical (unpaired) electrons. The average Bonchev–Trinajstić information content (AvgIpc) is 2.69. The van der Waals surface area contributed by atoms with Crippen LogP contribution in [0, 0.1) is 0 Å². The molecule has 0 spiro atoms. The first-order valence-electron chi connectivity index (χ1n) is 11.1. The van der Waals surface area contributed by atoms with Crippen LogP contribution in [-0.2, 0) is 0 Å². The number of phenols is 1. The monoisotopic (exact) mass is 375 g/mol. The summed E-state index contributed by atoms with van der Waals surface area (Å²) < 4.78 is 5.17. The average molecular weight is 376 g/mol. The van der Waals surface area contributed by atoms with Crippen molar-refractivity contribution in [3.8, 4) is 11.5 Å². The van der Waals surface area contributed by atoms with Crippen LogP contribution in [0.3, 0.4) is 0 Å². The van der Waals surface area contributed by atoms with Crippen molar-refractivity contribution in [2.24, 2.45) is 4.99 Å². The molecule has 0 aliphatic rings. The quantitative estimate of drug-likeness (QED) is 0.229. The van der Waals surface area contributed by atoms with Crippen LogP contribution in [0.5, 0.6) is 11.5 Å². The number of methoxy groups -OCH3 is 1. The summed E-state index contributed by atoms with van der Waals surface area (Å²) in [6, 6.07) is 5.21. The van der Waals surface area contributed by atoms with Crippen molar-refractivity contribution in [1.82, 2.24) is 0 Å². The Hall–Kier alpha value is -1.51. The summed E-state index contributed by atoms with van der Waals surface area (Å²) in [4.78, 5) is 4.43. The summed E-state index contributed by atoms with van der Waals surface area (Å²) in [5, 5.41) is 9.81. The Labute approximate surface area is 167 Å². The molecule has 1 aromatic carbocycles. The van der Waals surface area contributed by atoms with Crippen LogP contribution in [0.25, 0.3) is 0 Å². The number of aliphatic imine (C=N–C) groups is 1. The molecule has 0 saturated carbocycles. The number of phenolic OH excluding ortho intramolecular Hbond substituents is 1. The number of aromatic hydroxyl groups is 1. The number of hydrogen-bond donors (Lipinski definition) is 1. The van der Waals surface area contributed by atoms with E-state index in [9.17, 15) is 5.11 Å². The normalized spacial score (nSPS) is 11.3. The van der Waals surface area contributed by atoms with Gasteiger partial charge in [0.15, 0.2) is 0 Å². The third-order valence-electron chi connectivity index (χ3n) is 5.11. The number of rotatable bonds is 17.